The molecule has 0 spiro atoms. The average Bonchev–Trinajstić information content (AvgIpc) is 2.85. The number of ketones is 1. The molecule has 0 atom stereocenters. The van der Waals surface area contributed by atoms with Gasteiger partial charge < -0.3 is 9.88 Å². The summed E-state index contributed by atoms with van der Waals surface area (Å²) in [6, 6.07) is 3.70. The summed E-state index contributed by atoms with van der Waals surface area (Å²) in [6.45, 7) is 3.90. The first kappa shape index (κ1) is 13.3. The molecule has 1 saturated heterocycles. The Kier molecular flexibility index (Phi) is 4.55. The number of aromatic nitrogens is 1. The third-order valence-corrected chi connectivity index (χ3v) is 3.72. The van der Waals surface area contributed by atoms with Gasteiger partial charge in [0, 0.05) is 12.7 Å². The number of hydrogen-bond donors (Lipinski definition) is 1. The molecule has 2 rings (SSSR count). The molecule has 0 aromatic carbocycles. The van der Waals surface area contributed by atoms with Crippen LogP contribution in [-0.4, -0.2) is 60.8 Å². The molecule has 18 heavy (non-hydrogen) atoms. The lowest BCUT2D eigenvalue weighted by Crippen LogP contribution is -2.37. The van der Waals surface area contributed by atoms with Gasteiger partial charge in [-0.1, -0.05) is 0 Å². The Morgan fingerprint density at radius 1 is 1.50 bits per heavy atom. The molecule has 1 aromatic heterocycles. The molecule has 1 aliphatic heterocycles. The molecule has 0 radical (unpaired) electrons. The number of nitrogens with zero attached hydrogens (tertiary/aromatic N) is 2. The number of aromatic amines is 1. The van der Waals surface area contributed by atoms with Crippen molar-refractivity contribution in [2.75, 3.05) is 40.3 Å². The first-order valence-electron chi connectivity index (χ1n) is 6.69. The highest BCUT2D eigenvalue weighted by Gasteiger charge is 2.19. The van der Waals surface area contributed by atoms with Crippen molar-refractivity contribution >= 4 is 5.78 Å². The molecule has 0 bridgehead atoms. The maximum atomic E-state index is 11.9. The quantitative estimate of drug-likeness (QED) is 0.803. The number of rotatable bonds is 5. The van der Waals surface area contributed by atoms with Crippen molar-refractivity contribution in [1.29, 1.82) is 0 Å². The lowest BCUT2D eigenvalue weighted by Gasteiger charge is -2.31. The second kappa shape index (κ2) is 6.16. The maximum Gasteiger partial charge on any atom is 0.192 e. The number of Topliss-reactive ketones (excluding diaryl/α,β-unsaturated/α-hetero) is 1. The predicted octanol–water partition coefficient (Wildman–Crippen LogP) is 1.47. The summed E-state index contributed by atoms with van der Waals surface area (Å²) in [5, 5.41) is 0. The molecule has 2 heterocycles. The fraction of sp³-hybridized carbons (Fsp3) is 0.643. The molecule has 0 unspecified atom stereocenters. The van der Waals surface area contributed by atoms with Gasteiger partial charge in [0.2, 0.25) is 0 Å². The second-order valence-corrected chi connectivity index (χ2v) is 5.45. The van der Waals surface area contributed by atoms with Gasteiger partial charge in [-0.25, -0.2) is 0 Å². The third-order valence-electron chi connectivity index (χ3n) is 3.72. The lowest BCUT2D eigenvalue weighted by molar-refractivity contribution is 0.0920. The van der Waals surface area contributed by atoms with E-state index in [4.69, 9.17) is 0 Å². The van der Waals surface area contributed by atoms with Crippen molar-refractivity contribution in [3.63, 3.8) is 0 Å². The molecule has 0 saturated carbocycles. The molecule has 1 fully saturated rings. The zero-order valence-corrected chi connectivity index (χ0v) is 11.4. The standard InChI is InChI=1S/C14H23N3O/c1-16-8-5-12(6-9-16)10-17(2)11-14(18)13-4-3-7-15-13/h3-4,7,12,15H,5-6,8-11H2,1-2H3. The number of likely N-dealkylation sites (tertiary alicyclic amines) is 1. The number of carbonyl (C=O) groups excluding carboxylic acids is 1. The van der Waals surface area contributed by atoms with Crippen LogP contribution < -0.4 is 0 Å². The smallest absolute Gasteiger partial charge is 0.192 e. The molecule has 1 aromatic rings. The lowest BCUT2D eigenvalue weighted by atomic mass is 9.96. The SMILES string of the molecule is CN1CCC(CN(C)CC(=O)c2ccc[nH]2)CC1. The number of carbonyl (C=O) groups is 1. The minimum absolute atomic E-state index is 0.176. The number of nitrogens with one attached hydrogen (secondary N) is 1. The van der Waals surface area contributed by atoms with Gasteiger partial charge in [-0.15, -0.1) is 0 Å². The summed E-state index contributed by atoms with van der Waals surface area (Å²) < 4.78 is 0. The normalized spacial score (nSPS) is 18.4. The number of hydrogen-bond acceptors (Lipinski definition) is 3. The third kappa shape index (κ3) is 3.68. The van der Waals surface area contributed by atoms with Crippen molar-refractivity contribution in [2.24, 2.45) is 5.92 Å². The Hall–Kier alpha value is -1.13. The van der Waals surface area contributed by atoms with E-state index in [1.54, 1.807) is 6.20 Å². The molecule has 1 N–H and O–H groups in total. The number of piperidine rings is 1. The molecule has 4 nitrogen and oxygen atoms in total. The van der Waals surface area contributed by atoms with E-state index in [1.165, 1.54) is 25.9 Å². The van der Waals surface area contributed by atoms with Gasteiger partial charge >= 0.3 is 0 Å². The Labute approximate surface area is 109 Å². The number of likely N-dealkylation sites (N-methyl/N-ethyl adjacent to an activating group) is 1. The van der Waals surface area contributed by atoms with E-state index in [1.807, 2.05) is 19.2 Å². The minimum atomic E-state index is 0.176. The Morgan fingerprint density at radius 2 is 2.22 bits per heavy atom. The van der Waals surface area contributed by atoms with Crippen LogP contribution in [0.4, 0.5) is 0 Å². The van der Waals surface area contributed by atoms with Gasteiger partial charge in [0.15, 0.2) is 5.78 Å². The summed E-state index contributed by atoms with van der Waals surface area (Å²) in [7, 11) is 4.22. The van der Waals surface area contributed by atoms with Gasteiger partial charge in [-0.2, -0.15) is 0 Å². The molecule has 0 amide bonds. The summed E-state index contributed by atoms with van der Waals surface area (Å²) in [5.41, 5.74) is 0.713. The van der Waals surface area contributed by atoms with E-state index >= 15 is 0 Å². The summed E-state index contributed by atoms with van der Waals surface area (Å²) >= 11 is 0. The van der Waals surface area contributed by atoms with Gasteiger partial charge in [-0.05, 0) is 58.1 Å². The van der Waals surface area contributed by atoms with Crippen LogP contribution in [0.3, 0.4) is 0 Å². The molecule has 4 heteroatoms. The average molecular weight is 249 g/mol. The Balaban J connectivity index is 1.75. The van der Waals surface area contributed by atoms with Crippen LogP contribution in [0.2, 0.25) is 0 Å². The van der Waals surface area contributed by atoms with Crippen LogP contribution in [0.15, 0.2) is 18.3 Å². The fourth-order valence-corrected chi connectivity index (χ4v) is 2.58. The summed E-state index contributed by atoms with van der Waals surface area (Å²) in [4.78, 5) is 19.4. The van der Waals surface area contributed by atoms with Gasteiger partial charge in [0.05, 0.1) is 12.2 Å². The van der Waals surface area contributed by atoms with Gasteiger partial charge in [0.1, 0.15) is 0 Å². The first-order valence-corrected chi connectivity index (χ1v) is 6.69. The highest BCUT2D eigenvalue weighted by atomic mass is 16.1. The zero-order valence-electron chi connectivity index (χ0n) is 11.4. The van der Waals surface area contributed by atoms with Crippen molar-refractivity contribution in [3.8, 4) is 0 Å². The van der Waals surface area contributed by atoms with E-state index in [-0.39, 0.29) is 5.78 Å². The summed E-state index contributed by atoms with van der Waals surface area (Å²) in [5.74, 6) is 0.915. The monoisotopic (exact) mass is 249 g/mol. The molecule has 0 aliphatic carbocycles. The minimum Gasteiger partial charge on any atom is -0.359 e. The first-order chi connectivity index (χ1) is 8.65. The van der Waals surface area contributed by atoms with E-state index in [9.17, 15) is 4.79 Å². The van der Waals surface area contributed by atoms with Crippen LogP contribution in [0, 0.1) is 5.92 Å². The van der Waals surface area contributed by atoms with Gasteiger partial charge in [-0.3, -0.25) is 9.69 Å². The largest absolute Gasteiger partial charge is 0.359 e. The predicted molar refractivity (Wildman–Crippen MR) is 72.8 cm³/mol. The number of H-pyrrole nitrogens is 1. The van der Waals surface area contributed by atoms with Crippen molar-refractivity contribution in [2.45, 2.75) is 12.8 Å². The topological polar surface area (TPSA) is 39.3 Å². The molecular weight excluding hydrogens is 226 g/mol. The molecule has 1 aliphatic rings. The van der Waals surface area contributed by atoms with E-state index in [0.717, 1.165) is 12.5 Å². The van der Waals surface area contributed by atoms with Crippen LogP contribution >= 0.6 is 0 Å². The Bertz CT molecular complexity index is 366. The van der Waals surface area contributed by atoms with Crippen LogP contribution in [0.5, 0.6) is 0 Å². The van der Waals surface area contributed by atoms with Crippen molar-refractivity contribution < 1.29 is 4.79 Å². The highest BCUT2D eigenvalue weighted by Crippen LogP contribution is 2.16. The van der Waals surface area contributed by atoms with Crippen LogP contribution in [0.25, 0.3) is 0 Å². The van der Waals surface area contributed by atoms with Crippen molar-refractivity contribution in [3.05, 3.63) is 24.0 Å². The van der Waals surface area contributed by atoms with E-state index in [2.05, 4.69) is 21.8 Å². The van der Waals surface area contributed by atoms with E-state index < -0.39 is 0 Å². The zero-order chi connectivity index (χ0) is 13.0. The van der Waals surface area contributed by atoms with Crippen molar-refractivity contribution in [1.82, 2.24) is 14.8 Å². The fourth-order valence-electron chi connectivity index (χ4n) is 2.58. The van der Waals surface area contributed by atoms with E-state index in [0.29, 0.717) is 12.2 Å². The Morgan fingerprint density at radius 3 is 2.83 bits per heavy atom. The highest BCUT2D eigenvalue weighted by molar-refractivity contribution is 5.95. The molecular formula is C14H23N3O. The molecule has 100 valence electrons. The maximum absolute atomic E-state index is 11.9. The summed E-state index contributed by atoms with van der Waals surface area (Å²) in [6.07, 6.45) is 4.29. The van der Waals surface area contributed by atoms with Gasteiger partial charge in [0.25, 0.3) is 0 Å². The van der Waals surface area contributed by atoms with Crippen LogP contribution in [0.1, 0.15) is 23.3 Å². The second-order valence-electron chi connectivity index (χ2n) is 5.45. The van der Waals surface area contributed by atoms with Crippen LogP contribution in [-0.2, 0) is 0 Å².